The van der Waals surface area contributed by atoms with Gasteiger partial charge in [0.05, 0.1) is 12.6 Å². The van der Waals surface area contributed by atoms with Gasteiger partial charge < -0.3 is 14.5 Å². The fraction of sp³-hybridized carbons (Fsp3) is 0.579. The summed E-state index contributed by atoms with van der Waals surface area (Å²) < 4.78 is 11.0. The molecule has 0 radical (unpaired) electrons. The van der Waals surface area contributed by atoms with Gasteiger partial charge in [0.1, 0.15) is 6.26 Å². The number of oxazole rings is 1. The zero-order valence-corrected chi connectivity index (χ0v) is 16.2. The number of nitrogens with one attached hydrogen (secondary N) is 1. The molecule has 1 N–H and O–H groups in total. The van der Waals surface area contributed by atoms with E-state index in [-0.39, 0.29) is 12.0 Å². The van der Waals surface area contributed by atoms with Gasteiger partial charge in [-0.05, 0) is 35.2 Å². The van der Waals surface area contributed by atoms with Crippen molar-refractivity contribution in [2.24, 2.45) is 0 Å². The quantitative estimate of drug-likeness (QED) is 0.779. The van der Waals surface area contributed by atoms with Crippen LogP contribution in [0.15, 0.2) is 27.5 Å². The molecular formula is C19H26N4O3S. The average Bonchev–Trinajstić information content (AvgIpc) is 3.44. The molecule has 0 saturated carbocycles. The number of aromatic nitrogens is 1. The number of piperazine rings is 1. The predicted octanol–water partition coefficient (Wildman–Crippen LogP) is 1.96. The lowest BCUT2D eigenvalue weighted by atomic mass is 10.2. The van der Waals surface area contributed by atoms with E-state index in [1.54, 1.807) is 11.3 Å². The van der Waals surface area contributed by atoms with E-state index in [9.17, 15) is 4.79 Å². The highest BCUT2D eigenvalue weighted by atomic mass is 32.1. The summed E-state index contributed by atoms with van der Waals surface area (Å²) in [6, 6.07) is 2.19. The third-order valence-corrected chi connectivity index (χ3v) is 5.84. The third kappa shape index (κ3) is 5.16. The van der Waals surface area contributed by atoms with Gasteiger partial charge in [-0.1, -0.05) is 0 Å². The van der Waals surface area contributed by atoms with E-state index in [0.717, 1.165) is 52.2 Å². The molecule has 7 nitrogen and oxygen atoms in total. The minimum Gasteiger partial charge on any atom is -0.447 e. The zero-order chi connectivity index (χ0) is 18.5. The Morgan fingerprint density at radius 1 is 1.26 bits per heavy atom. The molecule has 2 fully saturated rings. The lowest BCUT2D eigenvalue weighted by Crippen LogP contribution is -2.45. The van der Waals surface area contributed by atoms with Crippen LogP contribution < -0.4 is 5.32 Å². The summed E-state index contributed by atoms with van der Waals surface area (Å²) in [5, 5.41) is 7.22. The molecule has 4 heterocycles. The molecule has 2 aliphatic rings. The SMILES string of the molecule is O=C(NCC1CCCO1)c1coc(CN2CCN(Cc3ccsc3)CC2)n1. The lowest BCUT2D eigenvalue weighted by molar-refractivity contribution is 0.0853. The van der Waals surface area contributed by atoms with Gasteiger partial charge >= 0.3 is 0 Å². The average molecular weight is 391 g/mol. The van der Waals surface area contributed by atoms with Crippen molar-refractivity contribution in [1.29, 1.82) is 0 Å². The summed E-state index contributed by atoms with van der Waals surface area (Å²) in [5.74, 6) is 0.407. The highest BCUT2D eigenvalue weighted by Gasteiger charge is 2.21. The van der Waals surface area contributed by atoms with Gasteiger partial charge in [0, 0.05) is 45.9 Å². The van der Waals surface area contributed by atoms with Crippen molar-refractivity contribution in [2.45, 2.75) is 32.0 Å². The summed E-state index contributed by atoms with van der Waals surface area (Å²) >= 11 is 1.75. The van der Waals surface area contributed by atoms with E-state index in [1.165, 1.54) is 11.8 Å². The minimum absolute atomic E-state index is 0.130. The third-order valence-electron chi connectivity index (χ3n) is 5.11. The van der Waals surface area contributed by atoms with Gasteiger partial charge in [-0.25, -0.2) is 4.98 Å². The normalized spacial score (nSPS) is 21.6. The molecule has 27 heavy (non-hydrogen) atoms. The Kier molecular flexibility index (Phi) is 6.18. The van der Waals surface area contributed by atoms with Gasteiger partial charge in [-0.2, -0.15) is 11.3 Å². The predicted molar refractivity (Wildman–Crippen MR) is 103 cm³/mol. The number of hydrogen-bond acceptors (Lipinski definition) is 7. The Labute approximate surface area is 163 Å². The molecule has 0 aromatic carbocycles. The van der Waals surface area contributed by atoms with Crippen LogP contribution in [0.25, 0.3) is 0 Å². The first-order chi connectivity index (χ1) is 13.3. The molecule has 0 spiro atoms. The van der Waals surface area contributed by atoms with Crippen molar-refractivity contribution in [3.05, 3.63) is 40.2 Å². The number of ether oxygens (including phenoxy) is 1. The van der Waals surface area contributed by atoms with Gasteiger partial charge in [0.25, 0.3) is 5.91 Å². The molecule has 8 heteroatoms. The standard InChI is InChI=1S/C19H26N4O3S/c24-19(20-10-16-2-1-8-25-16)17-13-26-18(21-17)12-23-6-4-22(5-7-23)11-15-3-9-27-14-15/h3,9,13-14,16H,1-2,4-8,10-12H2,(H,20,24). The Morgan fingerprint density at radius 3 is 2.78 bits per heavy atom. The highest BCUT2D eigenvalue weighted by molar-refractivity contribution is 7.07. The number of carbonyl (C=O) groups excluding carboxylic acids is 1. The van der Waals surface area contributed by atoms with Gasteiger partial charge in [0.15, 0.2) is 5.69 Å². The van der Waals surface area contributed by atoms with Crippen LogP contribution in [0.2, 0.25) is 0 Å². The van der Waals surface area contributed by atoms with Crippen LogP contribution in [-0.4, -0.2) is 66.1 Å². The number of rotatable bonds is 7. The van der Waals surface area contributed by atoms with Crippen LogP contribution in [0.3, 0.4) is 0 Å². The zero-order valence-electron chi connectivity index (χ0n) is 15.4. The molecule has 1 amide bonds. The second-order valence-electron chi connectivity index (χ2n) is 7.16. The molecule has 2 aliphatic heterocycles. The number of carbonyl (C=O) groups is 1. The van der Waals surface area contributed by atoms with Gasteiger partial charge in [-0.15, -0.1) is 0 Å². The lowest BCUT2D eigenvalue weighted by Gasteiger charge is -2.33. The van der Waals surface area contributed by atoms with Gasteiger partial charge in [0.2, 0.25) is 5.89 Å². The minimum atomic E-state index is -0.193. The molecule has 0 bridgehead atoms. The van der Waals surface area contributed by atoms with E-state index in [4.69, 9.17) is 9.15 Å². The van der Waals surface area contributed by atoms with Crippen molar-refractivity contribution in [1.82, 2.24) is 20.1 Å². The number of thiophene rings is 1. The van der Waals surface area contributed by atoms with E-state index in [2.05, 4.69) is 36.9 Å². The smallest absolute Gasteiger partial charge is 0.273 e. The van der Waals surface area contributed by atoms with Crippen molar-refractivity contribution in [2.75, 3.05) is 39.3 Å². The highest BCUT2D eigenvalue weighted by Crippen LogP contribution is 2.14. The van der Waals surface area contributed by atoms with Crippen LogP contribution in [-0.2, 0) is 17.8 Å². The molecule has 4 rings (SSSR count). The van der Waals surface area contributed by atoms with Crippen LogP contribution in [0.5, 0.6) is 0 Å². The molecule has 2 aromatic rings. The van der Waals surface area contributed by atoms with Crippen molar-refractivity contribution in [3.8, 4) is 0 Å². The summed E-state index contributed by atoms with van der Waals surface area (Å²) in [5.41, 5.74) is 1.74. The first-order valence-corrected chi connectivity index (χ1v) is 10.5. The molecule has 2 saturated heterocycles. The Morgan fingerprint density at radius 2 is 2.07 bits per heavy atom. The second-order valence-corrected chi connectivity index (χ2v) is 7.94. The Bertz CT molecular complexity index is 719. The summed E-state index contributed by atoms with van der Waals surface area (Å²) in [6.45, 7) is 7.01. The molecule has 0 aliphatic carbocycles. The maximum atomic E-state index is 12.2. The fourth-order valence-corrected chi connectivity index (χ4v) is 4.19. The first-order valence-electron chi connectivity index (χ1n) is 9.56. The van der Waals surface area contributed by atoms with E-state index in [0.29, 0.717) is 24.7 Å². The maximum Gasteiger partial charge on any atom is 0.273 e. The topological polar surface area (TPSA) is 70.8 Å². The Balaban J connectivity index is 1.20. The molecule has 2 aromatic heterocycles. The largest absolute Gasteiger partial charge is 0.447 e. The Hall–Kier alpha value is -1.74. The number of amides is 1. The number of nitrogens with zero attached hydrogens (tertiary/aromatic N) is 3. The van der Waals surface area contributed by atoms with E-state index >= 15 is 0 Å². The van der Waals surface area contributed by atoms with Crippen molar-refractivity contribution >= 4 is 17.2 Å². The fourth-order valence-electron chi connectivity index (χ4n) is 3.53. The first kappa shape index (κ1) is 18.6. The summed E-state index contributed by atoms with van der Waals surface area (Å²) in [7, 11) is 0. The summed E-state index contributed by atoms with van der Waals surface area (Å²) in [4.78, 5) is 21.3. The molecule has 146 valence electrons. The van der Waals surface area contributed by atoms with Crippen LogP contribution in [0.1, 0.15) is 34.8 Å². The molecular weight excluding hydrogens is 364 g/mol. The van der Waals surface area contributed by atoms with Crippen LogP contribution in [0.4, 0.5) is 0 Å². The van der Waals surface area contributed by atoms with Crippen molar-refractivity contribution in [3.63, 3.8) is 0 Å². The van der Waals surface area contributed by atoms with Gasteiger partial charge in [-0.3, -0.25) is 14.6 Å². The van der Waals surface area contributed by atoms with E-state index in [1.807, 2.05) is 0 Å². The molecule has 1 unspecified atom stereocenters. The van der Waals surface area contributed by atoms with Crippen LogP contribution in [0, 0.1) is 0 Å². The monoisotopic (exact) mass is 390 g/mol. The summed E-state index contributed by atoms with van der Waals surface area (Å²) in [6.07, 6.45) is 3.65. The van der Waals surface area contributed by atoms with Crippen LogP contribution >= 0.6 is 11.3 Å². The molecule has 1 atom stereocenters. The van der Waals surface area contributed by atoms with E-state index < -0.39 is 0 Å². The second kappa shape index (κ2) is 8.97. The van der Waals surface area contributed by atoms with Crippen molar-refractivity contribution < 1.29 is 13.9 Å². The maximum absolute atomic E-state index is 12.2. The number of hydrogen-bond donors (Lipinski definition) is 1.